The topological polar surface area (TPSA) is 90.0 Å². The number of halogens is 1. The third-order valence-electron chi connectivity index (χ3n) is 2.68. The molecule has 8 heteroatoms. The zero-order valence-corrected chi connectivity index (χ0v) is 11.9. The number of primary sulfonamides is 1. The van der Waals surface area contributed by atoms with E-state index in [9.17, 15) is 12.8 Å². The summed E-state index contributed by atoms with van der Waals surface area (Å²) in [6.45, 7) is 3.94. The van der Waals surface area contributed by atoms with E-state index < -0.39 is 15.8 Å². The van der Waals surface area contributed by atoms with Gasteiger partial charge in [-0.1, -0.05) is 0 Å². The minimum atomic E-state index is -3.91. The summed E-state index contributed by atoms with van der Waals surface area (Å²) in [6, 6.07) is 3.64. The zero-order chi connectivity index (χ0) is 14.9. The van der Waals surface area contributed by atoms with Crippen molar-refractivity contribution >= 4 is 21.4 Å². The highest BCUT2D eigenvalue weighted by atomic mass is 32.2. The van der Waals surface area contributed by atoms with Crippen molar-refractivity contribution in [3.8, 4) is 0 Å². The molecule has 0 radical (unpaired) electrons. The molecule has 1 aromatic carbocycles. The highest BCUT2D eigenvalue weighted by Crippen LogP contribution is 2.22. The van der Waals surface area contributed by atoms with Crippen molar-refractivity contribution in [3.05, 3.63) is 36.4 Å². The van der Waals surface area contributed by atoms with E-state index in [2.05, 4.69) is 10.4 Å². The first-order valence-corrected chi connectivity index (χ1v) is 7.45. The summed E-state index contributed by atoms with van der Waals surface area (Å²) in [5.74, 6) is -0.700. The standard InChI is InChI=1S/C12H15FN4O2S/c1-8(2)17-7-9(6-15-17)16-12-4-3-10(5-11(12)13)20(14,18)19/h3-8,16H,1-2H3,(H2,14,18,19). The van der Waals surface area contributed by atoms with Crippen LogP contribution in [0.4, 0.5) is 15.8 Å². The predicted molar refractivity (Wildman–Crippen MR) is 73.7 cm³/mol. The molecule has 0 amide bonds. The minimum Gasteiger partial charge on any atom is -0.351 e. The molecule has 1 heterocycles. The van der Waals surface area contributed by atoms with Gasteiger partial charge in [-0.15, -0.1) is 0 Å². The van der Waals surface area contributed by atoms with Crippen molar-refractivity contribution in [2.75, 3.05) is 5.32 Å². The molecule has 1 aromatic heterocycles. The van der Waals surface area contributed by atoms with Crippen LogP contribution in [0.1, 0.15) is 19.9 Å². The summed E-state index contributed by atoms with van der Waals surface area (Å²) in [5.41, 5.74) is 0.765. The van der Waals surface area contributed by atoms with Crippen LogP contribution in [0.25, 0.3) is 0 Å². The number of aromatic nitrogens is 2. The lowest BCUT2D eigenvalue weighted by molar-refractivity contribution is 0.532. The fraction of sp³-hybridized carbons (Fsp3) is 0.250. The molecule has 6 nitrogen and oxygen atoms in total. The number of hydrogen-bond acceptors (Lipinski definition) is 4. The van der Waals surface area contributed by atoms with Crippen molar-refractivity contribution in [1.29, 1.82) is 0 Å². The fourth-order valence-corrected chi connectivity index (χ4v) is 2.14. The molecule has 3 N–H and O–H groups in total. The minimum absolute atomic E-state index is 0.153. The van der Waals surface area contributed by atoms with Gasteiger partial charge in [0.05, 0.1) is 22.5 Å². The predicted octanol–water partition coefficient (Wildman–Crippen LogP) is 1.99. The normalized spacial score (nSPS) is 11.8. The van der Waals surface area contributed by atoms with E-state index >= 15 is 0 Å². The summed E-state index contributed by atoms with van der Waals surface area (Å²) >= 11 is 0. The Labute approximate surface area is 116 Å². The maximum absolute atomic E-state index is 13.8. The molecule has 0 unspecified atom stereocenters. The molecule has 0 aliphatic carbocycles. The molecule has 0 atom stereocenters. The molecule has 0 saturated heterocycles. The number of sulfonamides is 1. The van der Waals surface area contributed by atoms with Crippen molar-refractivity contribution < 1.29 is 12.8 Å². The van der Waals surface area contributed by atoms with Gasteiger partial charge in [0.15, 0.2) is 0 Å². The number of benzene rings is 1. The van der Waals surface area contributed by atoms with Gasteiger partial charge in [0.2, 0.25) is 10.0 Å². The Morgan fingerprint density at radius 2 is 2.10 bits per heavy atom. The molecule has 0 saturated carbocycles. The van der Waals surface area contributed by atoms with Crippen molar-refractivity contribution in [2.24, 2.45) is 5.14 Å². The third-order valence-corrected chi connectivity index (χ3v) is 3.59. The first-order chi connectivity index (χ1) is 9.27. The van der Waals surface area contributed by atoms with Crippen LogP contribution in [0.3, 0.4) is 0 Å². The van der Waals surface area contributed by atoms with E-state index in [1.54, 1.807) is 17.1 Å². The second-order valence-corrected chi connectivity index (χ2v) is 6.18. The van der Waals surface area contributed by atoms with Gasteiger partial charge in [-0.2, -0.15) is 5.10 Å². The van der Waals surface area contributed by atoms with E-state index in [1.807, 2.05) is 13.8 Å². The van der Waals surface area contributed by atoms with Gasteiger partial charge in [0.1, 0.15) is 5.82 Å². The van der Waals surface area contributed by atoms with Gasteiger partial charge < -0.3 is 5.32 Å². The largest absolute Gasteiger partial charge is 0.351 e. The molecule has 0 fully saturated rings. The van der Waals surface area contributed by atoms with Gasteiger partial charge in [-0.25, -0.2) is 17.9 Å². The summed E-state index contributed by atoms with van der Waals surface area (Å²) in [4.78, 5) is -0.265. The molecular formula is C12H15FN4O2S. The Morgan fingerprint density at radius 3 is 2.60 bits per heavy atom. The molecular weight excluding hydrogens is 283 g/mol. The van der Waals surface area contributed by atoms with E-state index in [0.717, 1.165) is 6.07 Å². The van der Waals surface area contributed by atoms with Crippen molar-refractivity contribution in [1.82, 2.24) is 9.78 Å². The second-order valence-electron chi connectivity index (χ2n) is 4.61. The lowest BCUT2D eigenvalue weighted by Crippen LogP contribution is -2.12. The number of nitrogens with one attached hydrogen (secondary N) is 1. The maximum atomic E-state index is 13.8. The first kappa shape index (κ1) is 14.5. The number of nitrogens with zero attached hydrogens (tertiary/aromatic N) is 2. The van der Waals surface area contributed by atoms with E-state index in [4.69, 9.17) is 5.14 Å². The first-order valence-electron chi connectivity index (χ1n) is 5.91. The zero-order valence-electron chi connectivity index (χ0n) is 11.0. The molecule has 20 heavy (non-hydrogen) atoms. The van der Waals surface area contributed by atoms with Crippen LogP contribution in [0.5, 0.6) is 0 Å². The van der Waals surface area contributed by atoms with E-state index in [0.29, 0.717) is 5.69 Å². The van der Waals surface area contributed by atoms with Crippen LogP contribution >= 0.6 is 0 Å². The number of rotatable bonds is 4. The molecule has 0 spiro atoms. The Balaban J connectivity index is 2.25. The van der Waals surface area contributed by atoms with Crippen LogP contribution in [0, 0.1) is 5.82 Å². The maximum Gasteiger partial charge on any atom is 0.238 e. The van der Waals surface area contributed by atoms with Crippen LogP contribution < -0.4 is 10.5 Å². The van der Waals surface area contributed by atoms with Crippen LogP contribution in [0.15, 0.2) is 35.5 Å². The van der Waals surface area contributed by atoms with E-state index in [-0.39, 0.29) is 16.6 Å². The lowest BCUT2D eigenvalue weighted by Gasteiger charge is -2.07. The van der Waals surface area contributed by atoms with Gasteiger partial charge in [-0.05, 0) is 32.0 Å². The molecule has 2 aromatic rings. The monoisotopic (exact) mass is 298 g/mol. The SMILES string of the molecule is CC(C)n1cc(Nc2ccc(S(N)(=O)=O)cc2F)cn1. The summed E-state index contributed by atoms with van der Waals surface area (Å²) in [7, 11) is -3.91. The smallest absolute Gasteiger partial charge is 0.238 e. The highest BCUT2D eigenvalue weighted by molar-refractivity contribution is 7.89. The van der Waals surface area contributed by atoms with Crippen LogP contribution in [-0.4, -0.2) is 18.2 Å². The van der Waals surface area contributed by atoms with Crippen molar-refractivity contribution in [3.63, 3.8) is 0 Å². The fourth-order valence-electron chi connectivity index (χ4n) is 1.61. The quantitative estimate of drug-likeness (QED) is 0.903. The summed E-state index contributed by atoms with van der Waals surface area (Å²) in [6.07, 6.45) is 3.30. The van der Waals surface area contributed by atoms with Crippen LogP contribution in [-0.2, 0) is 10.0 Å². The highest BCUT2D eigenvalue weighted by Gasteiger charge is 2.12. The number of nitrogens with two attached hydrogens (primary N) is 1. The Hall–Kier alpha value is -1.93. The number of hydrogen-bond donors (Lipinski definition) is 2. The average molecular weight is 298 g/mol. The lowest BCUT2D eigenvalue weighted by atomic mass is 10.3. The molecule has 2 rings (SSSR count). The molecule has 0 aliphatic heterocycles. The Kier molecular flexibility index (Phi) is 3.78. The van der Waals surface area contributed by atoms with Gasteiger partial charge in [-0.3, -0.25) is 4.68 Å². The summed E-state index contributed by atoms with van der Waals surface area (Å²) < 4.78 is 37.8. The van der Waals surface area contributed by atoms with Crippen molar-refractivity contribution in [2.45, 2.75) is 24.8 Å². The average Bonchev–Trinajstić information content (AvgIpc) is 2.79. The number of anilines is 2. The third kappa shape index (κ3) is 3.14. The second kappa shape index (κ2) is 5.22. The van der Waals surface area contributed by atoms with Crippen LogP contribution in [0.2, 0.25) is 0 Å². The van der Waals surface area contributed by atoms with Gasteiger partial charge in [0.25, 0.3) is 0 Å². The Morgan fingerprint density at radius 1 is 1.40 bits per heavy atom. The van der Waals surface area contributed by atoms with Gasteiger partial charge in [0, 0.05) is 12.2 Å². The van der Waals surface area contributed by atoms with E-state index in [1.165, 1.54) is 12.1 Å². The summed E-state index contributed by atoms with van der Waals surface area (Å²) in [5, 5.41) is 11.9. The van der Waals surface area contributed by atoms with Gasteiger partial charge >= 0.3 is 0 Å². The molecule has 0 bridgehead atoms. The molecule has 108 valence electrons. The molecule has 0 aliphatic rings. The Bertz CT molecular complexity index is 725.